The molecule has 15 heavy (non-hydrogen) atoms. The van der Waals surface area contributed by atoms with Crippen molar-refractivity contribution in [2.24, 2.45) is 11.5 Å². The van der Waals surface area contributed by atoms with Crippen LogP contribution in [0.1, 0.15) is 42.0 Å². The van der Waals surface area contributed by atoms with E-state index in [1.807, 2.05) is 0 Å². The van der Waals surface area contributed by atoms with Crippen molar-refractivity contribution in [2.45, 2.75) is 38.1 Å². The Bertz CT molecular complexity index is 333. The molecule has 4 N–H and O–H groups in total. The lowest BCUT2D eigenvalue weighted by molar-refractivity contribution is 0.617. The number of rotatable bonds is 4. The molecule has 0 saturated heterocycles. The Hall–Kier alpha value is -0.860. The second-order valence-corrected chi connectivity index (χ2v) is 4.42. The number of nitrogens with two attached hydrogens (primary N) is 2. The molecule has 0 saturated carbocycles. The van der Waals surface area contributed by atoms with Gasteiger partial charge in [0.1, 0.15) is 0 Å². The van der Waals surface area contributed by atoms with Crippen LogP contribution in [0.25, 0.3) is 0 Å². The summed E-state index contributed by atoms with van der Waals surface area (Å²) >= 11 is 0. The molecule has 1 aromatic rings. The zero-order chi connectivity index (χ0) is 10.7. The zero-order valence-corrected chi connectivity index (χ0v) is 9.21. The third kappa shape index (κ3) is 2.39. The SMILES string of the molecule is NCCCC(N)c1ccc2c(c1)CCC2. The van der Waals surface area contributed by atoms with Crippen LogP contribution in [0.2, 0.25) is 0 Å². The average molecular weight is 204 g/mol. The first-order chi connectivity index (χ1) is 7.31. The molecule has 2 nitrogen and oxygen atoms in total. The Balaban J connectivity index is 2.08. The van der Waals surface area contributed by atoms with Gasteiger partial charge in [-0.15, -0.1) is 0 Å². The van der Waals surface area contributed by atoms with Gasteiger partial charge < -0.3 is 11.5 Å². The summed E-state index contributed by atoms with van der Waals surface area (Å²) in [5, 5.41) is 0. The maximum absolute atomic E-state index is 6.12. The van der Waals surface area contributed by atoms with E-state index < -0.39 is 0 Å². The molecule has 2 rings (SSSR count). The van der Waals surface area contributed by atoms with E-state index in [9.17, 15) is 0 Å². The predicted molar refractivity (Wildman–Crippen MR) is 63.7 cm³/mol. The van der Waals surface area contributed by atoms with Gasteiger partial charge >= 0.3 is 0 Å². The van der Waals surface area contributed by atoms with Crippen LogP contribution >= 0.6 is 0 Å². The van der Waals surface area contributed by atoms with Gasteiger partial charge in [-0.1, -0.05) is 18.2 Å². The van der Waals surface area contributed by atoms with Crippen LogP contribution in [0, 0.1) is 0 Å². The first kappa shape index (κ1) is 10.7. The highest BCUT2D eigenvalue weighted by atomic mass is 14.6. The number of benzene rings is 1. The summed E-state index contributed by atoms with van der Waals surface area (Å²) < 4.78 is 0. The monoisotopic (exact) mass is 204 g/mol. The Morgan fingerprint density at radius 2 is 2.00 bits per heavy atom. The molecule has 0 aromatic heterocycles. The molecule has 0 aliphatic heterocycles. The fourth-order valence-electron chi connectivity index (χ4n) is 2.33. The van der Waals surface area contributed by atoms with Crippen molar-refractivity contribution in [2.75, 3.05) is 6.54 Å². The van der Waals surface area contributed by atoms with Gasteiger partial charge in [-0.2, -0.15) is 0 Å². The highest BCUT2D eigenvalue weighted by Crippen LogP contribution is 2.25. The molecule has 1 atom stereocenters. The van der Waals surface area contributed by atoms with E-state index in [0.29, 0.717) is 0 Å². The minimum absolute atomic E-state index is 0.166. The van der Waals surface area contributed by atoms with Gasteiger partial charge in [0.2, 0.25) is 0 Å². The predicted octanol–water partition coefficient (Wildman–Crippen LogP) is 1.91. The summed E-state index contributed by atoms with van der Waals surface area (Å²) in [4.78, 5) is 0. The highest BCUT2D eigenvalue weighted by Gasteiger charge is 2.13. The topological polar surface area (TPSA) is 52.0 Å². The molecule has 0 heterocycles. The van der Waals surface area contributed by atoms with Gasteiger partial charge in [-0.05, 0) is 55.3 Å². The van der Waals surface area contributed by atoms with Crippen molar-refractivity contribution >= 4 is 0 Å². The molecule has 0 fully saturated rings. The summed E-state index contributed by atoms with van der Waals surface area (Å²) in [6.45, 7) is 0.735. The van der Waals surface area contributed by atoms with Crippen molar-refractivity contribution in [3.05, 3.63) is 34.9 Å². The molecule has 82 valence electrons. The second kappa shape index (κ2) is 4.77. The number of aryl methyl sites for hydroxylation is 2. The second-order valence-electron chi connectivity index (χ2n) is 4.42. The van der Waals surface area contributed by atoms with Crippen LogP contribution in [-0.2, 0) is 12.8 Å². The van der Waals surface area contributed by atoms with Crippen LogP contribution < -0.4 is 11.5 Å². The summed E-state index contributed by atoms with van der Waals surface area (Å²) in [6, 6.07) is 6.90. The molecule has 0 radical (unpaired) electrons. The molecule has 1 aliphatic carbocycles. The molecule has 1 unspecified atom stereocenters. The molecule has 1 aromatic carbocycles. The average Bonchev–Trinajstić information content (AvgIpc) is 2.72. The Kier molecular flexibility index (Phi) is 3.39. The minimum atomic E-state index is 0.166. The lowest BCUT2D eigenvalue weighted by Gasteiger charge is -2.12. The van der Waals surface area contributed by atoms with E-state index in [-0.39, 0.29) is 6.04 Å². The summed E-state index contributed by atoms with van der Waals surface area (Å²) in [6.07, 6.45) is 5.78. The Morgan fingerprint density at radius 1 is 1.20 bits per heavy atom. The maximum atomic E-state index is 6.12. The molecule has 0 spiro atoms. The van der Waals surface area contributed by atoms with Crippen molar-refractivity contribution in [1.82, 2.24) is 0 Å². The third-order valence-corrected chi connectivity index (χ3v) is 3.27. The number of hydrogen-bond donors (Lipinski definition) is 2. The van der Waals surface area contributed by atoms with E-state index in [1.165, 1.54) is 36.0 Å². The maximum Gasteiger partial charge on any atom is 0.0295 e. The van der Waals surface area contributed by atoms with Gasteiger partial charge in [-0.3, -0.25) is 0 Å². The van der Waals surface area contributed by atoms with Crippen molar-refractivity contribution in [1.29, 1.82) is 0 Å². The Morgan fingerprint density at radius 3 is 2.80 bits per heavy atom. The number of hydrogen-bond acceptors (Lipinski definition) is 2. The van der Waals surface area contributed by atoms with E-state index >= 15 is 0 Å². The summed E-state index contributed by atoms with van der Waals surface area (Å²) in [7, 11) is 0. The highest BCUT2D eigenvalue weighted by molar-refractivity contribution is 5.36. The van der Waals surface area contributed by atoms with Crippen molar-refractivity contribution in [3.8, 4) is 0 Å². The van der Waals surface area contributed by atoms with Crippen LogP contribution in [0.5, 0.6) is 0 Å². The normalized spacial score (nSPS) is 16.4. The molecule has 0 bridgehead atoms. The minimum Gasteiger partial charge on any atom is -0.330 e. The summed E-state index contributed by atoms with van der Waals surface area (Å²) in [5.41, 5.74) is 15.9. The molecule has 0 amide bonds. The van der Waals surface area contributed by atoms with Crippen LogP contribution in [0.3, 0.4) is 0 Å². The van der Waals surface area contributed by atoms with Crippen LogP contribution in [-0.4, -0.2) is 6.54 Å². The molecular weight excluding hydrogens is 184 g/mol. The van der Waals surface area contributed by atoms with Gasteiger partial charge in [0.15, 0.2) is 0 Å². The first-order valence-electron chi connectivity index (χ1n) is 5.88. The van der Waals surface area contributed by atoms with E-state index in [4.69, 9.17) is 11.5 Å². The largest absolute Gasteiger partial charge is 0.330 e. The van der Waals surface area contributed by atoms with Gasteiger partial charge in [0, 0.05) is 6.04 Å². The Labute approximate surface area is 91.7 Å². The van der Waals surface area contributed by atoms with Gasteiger partial charge in [0.25, 0.3) is 0 Å². The van der Waals surface area contributed by atoms with Gasteiger partial charge in [-0.25, -0.2) is 0 Å². The number of fused-ring (bicyclic) bond motifs is 1. The van der Waals surface area contributed by atoms with E-state index in [0.717, 1.165) is 19.4 Å². The molecular formula is C13H20N2. The standard InChI is InChI=1S/C13H20N2/c14-8-2-5-13(15)12-7-6-10-3-1-4-11(10)9-12/h6-7,9,13H,1-5,8,14-15H2. The smallest absolute Gasteiger partial charge is 0.0295 e. The molecule has 2 heteroatoms. The van der Waals surface area contributed by atoms with E-state index in [2.05, 4.69) is 18.2 Å². The molecule has 1 aliphatic rings. The fraction of sp³-hybridized carbons (Fsp3) is 0.538. The van der Waals surface area contributed by atoms with Crippen molar-refractivity contribution in [3.63, 3.8) is 0 Å². The van der Waals surface area contributed by atoms with Gasteiger partial charge in [0.05, 0.1) is 0 Å². The lowest BCUT2D eigenvalue weighted by atomic mass is 9.99. The van der Waals surface area contributed by atoms with Crippen LogP contribution in [0.15, 0.2) is 18.2 Å². The quantitative estimate of drug-likeness (QED) is 0.787. The van der Waals surface area contributed by atoms with E-state index in [1.54, 1.807) is 0 Å². The fourth-order valence-corrected chi connectivity index (χ4v) is 2.33. The lowest BCUT2D eigenvalue weighted by Crippen LogP contribution is -2.12. The zero-order valence-electron chi connectivity index (χ0n) is 9.21. The summed E-state index contributed by atoms with van der Waals surface area (Å²) in [5.74, 6) is 0. The van der Waals surface area contributed by atoms with Crippen LogP contribution in [0.4, 0.5) is 0 Å². The first-order valence-corrected chi connectivity index (χ1v) is 5.88. The third-order valence-electron chi connectivity index (χ3n) is 3.27. The van der Waals surface area contributed by atoms with Crippen molar-refractivity contribution < 1.29 is 0 Å².